The van der Waals surface area contributed by atoms with E-state index in [4.69, 9.17) is 0 Å². The molecule has 19 heavy (non-hydrogen) atoms. The van der Waals surface area contributed by atoms with Crippen LogP contribution in [-0.4, -0.2) is 16.5 Å². The van der Waals surface area contributed by atoms with Gasteiger partial charge in [0.15, 0.2) is 0 Å². The third kappa shape index (κ3) is 2.54. The van der Waals surface area contributed by atoms with Gasteiger partial charge in [0.25, 0.3) is 0 Å². The van der Waals surface area contributed by atoms with Crippen molar-refractivity contribution in [3.8, 4) is 11.3 Å². The highest BCUT2D eigenvalue weighted by Gasteiger charge is 2.17. The van der Waals surface area contributed by atoms with Crippen LogP contribution in [0.3, 0.4) is 0 Å². The highest BCUT2D eigenvalue weighted by atomic mass is 19.1. The summed E-state index contributed by atoms with van der Waals surface area (Å²) in [4.78, 5) is 8.42. The van der Waals surface area contributed by atoms with Crippen LogP contribution in [-0.2, 0) is 0 Å². The third-order valence-electron chi connectivity index (χ3n) is 2.80. The van der Waals surface area contributed by atoms with Crippen LogP contribution in [0, 0.1) is 25.5 Å². The van der Waals surface area contributed by atoms with Crippen LogP contribution in [0.15, 0.2) is 18.2 Å². The zero-order chi connectivity index (χ0) is 14.0. The molecule has 0 atom stereocenters. The molecular weight excluding hydrogens is 248 g/mol. The molecule has 0 bridgehead atoms. The summed E-state index contributed by atoms with van der Waals surface area (Å²) in [5, 5.41) is 3.07. The molecule has 1 heterocycles. The number of aryl methyl sites for hydroxylation is 1. The first kappa shape index (κ1) is 13.4. The molecule has 1 aromatic heterocycles. The van der Waals surface area contributed by atoms with Crippen LogP contribution in [0.4, 0.5) is 14.6 Å². The largest absolute Gasteiger partial charge is 0.370 e. The van der Waals surface area contributed by atoms with E-state index in [1.807, 2.05) is 6.92 Å². The van der Waals surface area contributed by atoms with Crippen molar-refractivity contribution in [1.29, 1.82) is 0 Å². The highest BCUT2D eigenvalue weighted by Crippen LogP contribution is 2.29. The fourth-order valence-electron chi connectivity index (χ4n) is 1.94. The predicted molar refractivity (Wildman–Crippen MR) is 71.0 cm³/mol. The fourth-order valence-corrected chi connectivity index (χ4v) is 1.94. The van der Waals surface area contributed by atoms with E-state index >= 15 is 0 Å². The summed E-state index contributed by atoms with van der Waals surface area (Å²) < 4.78 is 27.7. The van der Waals surface area contributed by atoms with E-state index < -0.39 is 11.6 Å². The molecule has 2 rings (SSSR count). The van der Waals surface area contributed by atoms with E-state index in [2.05, 4.69) is 15.3 Å². The Hall–Kier alpha value is -2.04. The minimum absolute atomic E-state index is 0.107. The van der Waals surface area contributed by atoms with E-state index in [-0.39, 0.29) is 5.56 Å². The average molecular weight is 263 g/mol. The summed E-state index contributed by atoms with van der Waals surface area (Å²) in [5.74, 6) is -0.167. The molecule has 0 aliphatic rings. The number of nitrogens with one attached hydrogen (secondary N) is 1. The summed E-state index contributed by atoms with van der Waals surface area (Å²) in [6.45, 7) is 6.05. The summed E-state index contributed by atoms with van der Waals surface area (Å²) in [5.41, 5.74) is 0.820. The number of benzene rings is 1. The molecule has 0 amide bonds. The van der Waals surface area contributed by atoms with Gasteiger partial charge in [0.2, 0.25) is 0 Å². The number of hydrogen-bond donors (Lipinski definition) is 1. The van der Waals surface area contributed by atoms with Gasteiger partial charge in [-0.25, -0.2) is 18.7 Å². The van der Waals surface area contributed by atoms with Crippen LogP contribution < -0.4 is 5.32 Å². The Morgan fingerprint density at radius 3 is 2.32 bits per heavy atom. The molecular formula is C14H15F2N3. The molecule has 0 saturated heterocycles. The Labute approximate surface area is 110 Å². The summed E-state index contributed by atoms with van der Waals surface area (Å²) in [7, 11) is 0. The Morgan fingerprint density at radius 1 is 1.11 bits per heavy atom. The van der Waals surface area contributed by atoms with Crippen LogP contribution in [0.25, 0.3) is 11.3 Å². The van der Waals surface area contributed by atoms with Crippen molar-refractivity contribution in [2.75, 3.05) is 11.9 Å². The summed E-state index contributed by atoms with van der Waals surface area (Å²) in [6.07, 6.45) is 0. The molecule has 0 spiro atoms. The molecule has 0 saturated carbocycles. The smallest absolute Gasteiger partial charge is 0.135 e. The summed E-state index contributed by atoms with van der Waals surface area (Å²) >= 11 is 0. The molecule has 0 aliphatic carbocycles. The van der Waals surface area contributed by atoms with Gasteiger partial charge in [0.1, 0.15) is 23.3 Å². The lowest BCUT2D eigenvalue weighted by molar-refractivity contribution is 0.588. The summed E-state index contributed by atoms with van der Waals surface area (Å²) in [6, 6.07) is 3.78. The van der Waals surface area contributed by atoms with Gasteiger partial charge in [-0.2, -0.15) is 0 Å². The van der Waals surface area contributed by atoms with Gasteiger partial charge < -0.3 is 5.32 Å². The maximum absolute atomic E-state index is 13.8. The quantitative estimate of drug-likeness (QED) is 0.921. The van der Waals surface area contributed by atoms with E-state index in [9.17, 15) is 8.78 Å². The Balaban J connectivity index is 2.68. The van der Waals surface area contributed by atoms with E-state index in [1.165, 1.54) is 18.2 Å². The van der Waals surface area contributed by atoms with Gasteiger partial charge in [-0.05, 0) is 32.9 Å². The van der Waals surface area contributed by atoms with Gasteiger partial charge in [-0.3, -0.25) is 0 Å². The maximum Gasteiger partial charge on any atom is 0.135 e. The second kappa shape index (κ2) is 5.30. The minimum atomic E-state index is -0.622. The standard InChI is InChI=1S/C14H15F2N3/c1-4-17-14-8(2)13(18-9(3)19-14)12-10(15)6-5-7-11(12)16/h5-7H,4H2,1-3H3,(H,17,18,19). The first-order valence-corrected chi connectivity index (χ1v) is 6.08. The molecule has 0 aliphatic heterocycles. The molecule has 100 valence electrons. The number of nitrogens with zero attached hydrogens (tertiary/aromatic N) is 2. The van der Waals surface area contributed by atoms with Gasteiger partial charge in [0.05, 0.1) is 11.3 Å². The molecule has 0 unspecified atom stereocenters. The first-order valence-electron chi connectivity index (χ1n) is 6.08. The molecule has 3 nitrogen and oxygen atoms in total. The molecule has 0 fully saturated rings. The molecule has 5 heteroatoms. The number of hydrogen-bond acceptors (Lipinski definition) is 3. The van der Waals surface area contributed by atoms with Crippen molar-refractivity contribution in [3.63, 3.8) is 0 Å². The number of rotatable bonds is 3. The topological polar surface area (TPSA) is 37.8 Å². The second-order valence-electron chi connectivity index (χ2n) is 4.22. The Kier molecular flexibility index (Phi) is 3.74. The van der Waals surface area contributed by atoms with Crippen LogP contribution >= 0.6 is 0 Å². The van der Waals surface area contributed by atoms with Gasteiger partial charge in [-0.1, -0.05) is 6.07 Å². The SMILES string of the molecule is CCNc1nc(C)nc(-c2c(F)cccc2F)c1C. The Morgan fingerprint density at radius 2 is 1.74 bits per heavy atom. The monoisotopic (exact) mass is 263 g/mol. The van der Waals surface area contributed by atoms with Crippen molar-refractivity contribution in [2.24, 2.45) is 0 Å². The second-order valence-corrected chi connectivity index (χ2v) is 4.22. The lowest BCUT2D eigenvalue weighted by Crippen LogP contribution is -2.07. The van der Waals surface area contributed by atoms with Gasteiger partial charge >= 0.3 is 0 Å². The van der Waals surface area contributed by atoms with E-state index in [0.29, 0.717) is 29.4 Å². The molecule has 0 radical (unpaired) electrons. The van der Waals surface area contributed by atoms with Crippen molar-refractivity contribution >= 4 is 5.82 Å². The minimum Gasteiger partial charge on any atom is -0.370 e. The lowest BCUT2D eigenvalue weighted by atomic mass is 10.1. The number of anilines is 1. The fraction of sp³-hybridized carbons (Fsp3) is 0.286. The van der Waals surface area contributed by atoms with E-state index in [0.717, 1.165) is 0 Å². The van der Waals surface area contributed by atoms with Gasteiger partial charge in [-0.15, -0.1) is 0 Å². The first-order chi connectivity index (χ1) is 9.04. The zero-order valence-electron chi connectivity index (χ0n) is 11.1. The van der Waals surface area contributed by atoms with Gasteiger partial charge in [0, 0.05) is 12.1 Å². The van der Waals surface area contributed by atoms with Crippen LogP contribution in [0.5, 0.6) is 0 Å². The van der Waals surface area contributed by atoms with Crippen molar-refractivity contribution in [3.05, 3.63) is 41.2 Å². The Bertz CT molecular complexity index is 592. The number of halogens is 2. The van der Waals surface area contributed by atoms with Crippen molar-refractivity contribution in [1.82, 2.24) is 9.97 Å². The normalized spacial score (nSPS) is 10.6. The number of aromatic nitrogens is 2. The maximum atomic E-state index is 13.8. The molecule has 2 aromatic rings. The van der Waals surface area contributed by atoms with E-state index in [1.54, 1.807) is 13.8 Å². The van der Waals surface area contributed by atoms with Crippen LogP contribution in [0.2, 0.25) is 0 Å². The molecule has 1 N–H and O–H groups in total. The highest BCUT2D eigenvalue weighted by molar-refractivity contribution is 5.69. The van der Waals surface area contributed by atoms with Crippen molar-refractivity contribution in [2.45, 2.75) is 20.8 Å². The van der Waals surface area contributed by atoms with Crippen molar-refractivity contribution < 1.29 is 8.78 Å². The average Bonchev–Trinajstić information content (AvgIpc) is 2.34. The van der Waals surface area contributed by atoms with Crippen LogP contribution in [0.1, 0.15) is 18.3 Å². The third-order valence-corrected chi connectivity index (χ3v) is 2.80. The lowest BCUT2D eigenvalue weighted by Gasteiger charge is -2.13. The predicted octanol–water partition coefficient (Wildman–Crippen LogP) is 3.47. The zero-order valence-corrected chi connectivity index (χ0v) is 11.1. The molecule has 1 aromatic carbocycles.